The number of hydrogen-bond donors (Lipinski definition) is 3. The highest BCUT2D eigenvalue weighted by Crippen LogP contribution is 2.29. The number of benzene rings is 2. The second-order valence-corrected chi connectivity index (χ2v) is 7.69. The Morgan fingerprint density at radius 3 is 2.59 bits per heavy atom. The minimum absolute atomic E-state index is 0.00822. The van der Waals surface area contributed by atoms with Crippen LogP contribution in [-0.2, 0) is 0 Å². The molecule has 1 saturated carbocycles. The normalized spacial score (nSPS) is 14.7. The molecule has 2 aromatic carbocycles. The summed E-state index contributed by atoms with van der Waals surface area (Å²) < 4.78 is 5.40. The molecule has 1 aromatic heterocycles. The Labute approximate surface area is 175 Å². The van der Waals surface area contributed by atoms with Crippen molar-refractivity contribution in [2.75, 3.05) is 23.8 Å². The van der Waals surface area contributed by atoms with Gasteiger partial charge in [0.1, 0.15) is 18.2 Å². The zero-order valence-electron chi connectivity index (χ0n) is 16.2. The molecule has 0 spiro atoms. The zero-order valence-corrected chi connectivity index (χ0v) is 17.0. The standard InChI is InChI=1S/C22H25ClN4O2/c23-15-6-11-20-19(14-15)21(24-16-4-2-1-3-5-16)27-22(26-20)25-17-7-9-18(10-8-17)29-13-12-28/h6-11,14,16,28H,1-5,12-13H2,(H2,24,25,26,27). The summed E-state index contributed by atoms with van der Waals surface area (Å²) in [6.07, 6.45) is 6.11. The minimum Gasteiger partial charge on any atom is -0.491 e. The van der Waals surface area contributed by atoms with Crippen molar-refractivity contribution in [1.82, 2.24) is 9.97 Å². The maximum absolute atomic E-state index is 8.86. The smallest absolute Gasteiger partial charge is 0.229 e. The lowest BCUT2D eigenvalue weighted by molar-refractivity contribution is 0.201. The quantitative estimate of drug-likeness (QED) is 0.498. The second kappa shape index (κ2) is 9.29. The number of hydrogen-bond acceptors (Lipinski definition) is 6. The number of ether oxygens (including phenoxy) is 1. The fourth-order valence-electron chi connectivity index (χ4n) is 3.63. The van der Waals surface area contributed by atoms with E-state index in [9.17, 15) is 0 Å². The molecular formula is C22H25ClN4O2. The number of aliphatic hydroxyl groups excluding tert-OH is 1. The average molecular weight is 413 g/mol. The van der Waals surface area contributed by atoms with Gasteiger partial charge in [-0.3, -0.25) is 0 Å². The van der Waals surface area contributed by atoms with E-state index in [4.69, 9.17) is 26.4 Å². The molecule has 6 nitrogen and oxygen atoms in total. The average Bonchev–Trinajstić information content (AvgIpc) is 2.74. The Bertz CT molecular complexity index is 959. The molecule has 0 amide bonds. The fraction of sp³-hybridized carbons (Fsp3) is 0.364. The molecule has 0 aliphatic heterocycles. The van der Waals surface area contributed by atoms with Gasteiger partial charge < -0.3 is 20.5 Å². The van der Waals surface area contributed by atoms with Gasteiger partial charge in [0.2, 0.25) is 5.95 Å². The van der Waals surface area contributed by atoms with Crippen LogP contribution in [0.4, 0.5) is 17.5 Å². The largest absolute Gasteiger partial charge is 0.491 e. The molecule has 29 heavy (non-hydrogen) atoms. The van der Waals surface area contributed by atoms with E-state index < -0.39 is 0 Å². The molecule has 0 unspecified atom stereocenters. The van der Waals surface area contributed by atoms with E-state index in [1.54, 1.807) is 0 Å². The number of aliphatic hydroxyl groups is 1. The summed E-state index contributed by atoms with van der Waals surface area (Å²) in [6.45, 7) is 0.269. The lowest BCUT2D eigenvalue weighted by Gasteiger charge is -2.24. The lowest BCUT2D eigenvalue weighted by Crippen LogP contribution is -2.23. The molecule has 1 aliphatic rings. The lowest BCUT2D eigenvalue weighted by atomic mass is 9.95. The summed E-state index contributed by atoms with van der Waals surface area (Å²) in [7, 11) is 0. The zero-order chi connectivity index (χ0) is 20.1. The van der Waals surface area contributed by atoms with Crippen molar-refractivity contribution in [3.63, 3.8) is 0 Å². The molecule has 1 aliphatic carbocycles. The predicted molar refractivity (Wildman–Crippen MR) is 117 cm³/mol. The predicted octanol–water partition coefficient (Wildman–Crippen LogP) is 5.14. The van der Waals surface area contributed by atoms with Crippen molar-refractivity contribution >= 4 is 40.0 Å². The first-order valence-corrected chi connectivity index (χ1v) is 10.4. The van der Waals surface area contributed by atoms with Crippen molar-refractivity contribution < 1.29 is 9.84 Å². The Hall–Kier alpha value is -2.57. The van der Waals surface area contributed by atoms with E-state index in [1.807, 2.05) is 42.5 Å². The van der Waals surface area contributed by atoms with Crippen LogP contribution in [0.5, 0.6) is 5.75 Å². The van der Waals surface area contributed by atoms with E-state index >= 15 is 0 Å². The van der Waals surface area contributed by atoms with Crippen LogP contribution >= 0.6 is 11.6 Å². The van der Waals surface area contributed by atoms with Crippen LogP contribution < -0.4 is 15.4 Å². The van der Waals surface area contributed by atoms with Gasteiger partial charge in [-0.1, -0.05) is 30.9 Å². The van der Waals surface area contributed by atoms with Crippen LogP contribution in [0.15, 0.2) is 42.5 Å². The number of nitrogens with one attached hydrogen (secondary N) is 2. The van der Waals surface area contributed by atoms with E-state index in [2.05, 4.69) is 15.6 Å². The van der Waals surface area contributed by atoms with Gasteiger partial charge in [0.15, 0.2) is 0 Å². The maximum Gasteiger partial charge on any atom is 0.229 e. The first-order chi connectivity index (χ1) is 14.2. The van der Waals surface area contributed by atoms with Gasteiger partial charge in [-0.15, -0.1) is 0 Å². The molecule has 1 fully saturated rings. The summed E-state index contributed by atoms with van der Waals surface area (Å²) in [4.78, 5) is 9.40. The molecule has 3 N–H and O–H groups in total. The molecule has 0 atom stereocenters. The van der Waals surface area contributed by atoms with Crippen LogP contribution in [0, 0.1) is 0 Å². The first-order valence-electron chi connectivity index (χ1n) is 10.1. The Morgan fingerprint density at radius 2 is 1.83 bits per heavy atom. The van der Waals surface area contributed by atoms with Crippen molar-refractivity contribution in [1.29, 1.82) is 0 Å². The molecule has 1 heterocycles. The van der Waals surface area contributed by atoms with Gasteiger partial charge in [-0.25, -0.2) is 4.98 Å². The van der Waals surface area contributed by atoms with Crippen LogP contribution in [0.1, 0.15) is 32.1 Å². The van der Waals surface area contributed by atoms with E-state index in [0.717, 1.165) is 35.2 Å². The van der Waals surface area contributed by atoms with Crippen molar-refractivity contribution in [3.8, 4) is 5.75 Å². The SMILES string of the molecule is OCCOc1ccc(Nc2nc(NC3CCCCC3)c3cc(Cl)ccc3n2)cc1. The van der Waals surface area contributed by atoms with Crippen LogP contribution in [0.3, 0.4) is 0 Å². The monoisotopic (exact) mass is 412 g/mol. The number of aromatic nitrogens is 2. The van der Waals surface area contributed by atoms with Gasteiger partial charge in [-0.05, 0) is 55.3 Å². The van der Waals surface area contributed by atoms with Crippen molar-refractivity contribution in [2.45, 2.75) is 38.1 Å². The molecule has 0 bridgehead atoms. The summed E-state index contributed by atoms with van der Waals surface area (Å²) in [5.41, 5.74) is 1.70. The maximum atomic E-state index is 8.86. The fourth-order valence-corrected chi connectivity index (χ4v) is 3.81. The van der Waals surface area contributed by atoms with Crippen LogP contribution in [0.2, 0.25) is 5.02 Å². The first kappa shape index (κ1) is 19.7. The van der Waals surface area contributed by atoms with E-state index in [1.165, 1.54) is 19.3 Å². The summed E-state index contributed by atoms with van der Waals surface area (Å²) in [6, 6.07) is 13.6. The third kappa shape index (κ3) is 5.08. The van der Waals surface area contributed by atoms with E-state index in [-0.39, 0.29) is 13.2 Å². The Morgan fingerprint density at radius 1 is 1.03 bits per heavy atom. The molecule has 152 valence electrons. The number of fused-ring (bicyclic) bond motifs is 1. The highest BCUT2D eigenvalue weighted by Gasteiger charge is 2.16. The van der Waals surface area contributed by atoms with E-state index in [0.29, 0.717) is 22.8 Å². The number of halogens is 1. The van der Waals surface area contributed by atoms with Crippen LogP contribution in [0.25, 0.3) is 10.9 Å². The summed E-state index contributed by atoms with van der Waals surface area (Å²) in [5.74, 6) is 2.05. The van der Waals surface area contributed by atoms with Gasteiger partial charge in [0.25, 0.3) is 0 Å². The van der Waals surface area contributed by atoms with Gasteiger partial charge >= 0.3 is 0 Å². The summed E-state index contributed by atoms with van der Waals surface area (Å²) in [5, 5.41) is 17.3. The topological polar surface area (TPSA) is 79.3 Å². The molecule has 0 radical (unpaired) electrons. The highest BCUT2D eigenvalue weighted by atomic mass is 35.5. The van der Waals surface area contributed by atoms with Gasteiger partial charge in [0.05, 0.1) is 12.1 Å². The second-order valence-electron chi connectivity index (χ2n) is 7.26. The third-order valence-corrected chi connectivity index (χ3v) is 5.31. The Balaban J connectivity index is 1.59. The van der Waals surface area contributed by atoms with Gasteiger partial charge in [-0.2, -0.15) is 4.98 Å². The van der Waals surface area contributed by atoms with Gasteiger partial charge in [0, 0.05) is 22.1 Å². The number of rotatable bonds is 7. The van der Waals surface area contributed by atoms with Crippen LogP contribution in [-0.4, -0.2) is 34.3 Å². The molecule has 7 heteroatoms. The highest BCUT2D eigenvalue weighted by molar-refractivity contribution is 6.31. The molecule has 0 saturated heterocycles. The van der Waals surface area contributed by atoms with Crippen molar-refractivity contribution in [3.05, 3.63) is 47.5 Å². The molecule has 3 aromatic rings. The number of anilines is 3. The molecular weight excluding hydrogens is 388 g/mol. The third-order valence-electron chi connectivity index (χ3n) is 5.07. The molecule has 4 rings (SSSR count). The minimum atomic E-state index is -0.00822. The van der Waals surface area contributed by atoms with Crippen molar-refractivity contribution in [2.24, 2.45) is 0 Å². The Kier molecular flexibility index (Phi) is 6.32. The number of nitrogens with zero attached hydrogens (tertiary/aromatic N) is 2. The summed E-state index contributed by atoms with van der Waals surface area (Å²) >= 11 is 6.23.